The molecule has 0 aliphatic carbocycles. The minimum atomic E-state index is -0.569. The second-order valence-corrected chi connectivity index (χ2v) is 8.19. The number of ether oxygens (including phenoxy) is 2. The quantitative estimate of drug-likeness (QED) is 0.463. The summed E-state index contributed by atoms with van der Waals surface area (Å²) in [6.45, 7) is 2.09. The number of imide groups is 1. The zero-order chi connectivity index (χ0) is 21.1. The van der Waals surface area contributed by atoms with Crippen LogP contribution in [0.3, 0.4) is 0 Å². The van der Waals surface area contributed by atoms with Gasteiger partial charge in [-0.1, -0.05) is 17.7 Å². The molecule has 1 saturated heterocycles. The summed E-state index contributed by atoms with van der Waals surface area (Å²) < 4.78 is 25.6. The van der Waals surface area contributed by atoms with E-state index in [2.05, 4.69) is 15.9 Å². The fourth-order valence-electron chi connectivity index (χ4n) is 2.74. The molecule has 1 heterocycles. The Labute approximate surface area is 184 Å². The molecule has 0 N–H and O–H groups in total. The highest BCUT2D eigenvalue weighted by Crippen LogP contribution is 2.39. The largest absolute Gasteiger partial charge is 0.493 e. The molecule has 0 spiro atoms. The molecule has 0 aromatic heterocycles. The molecule has 5 nitrogen and oxygen atoms in total. The van der Waals surface area contributed by atoms with Gasteiger partial charge in [-0.3, -0.25) is 14.5 Å². The smallest absolute Gasteiger partial charge is 0.293 e. The van der Waals surface area contributed by atoms with Crippen molar-refractivity contribution in [3.05, 3.63) is 61.7 Å². The van der Waals surface area contributed by atoms with Crippen LogP contribution in [0, 0.1) is 5.82 Å². The molecule has 2 aromatic carbocycles. The van der Waals surface area contributed by atoms with Crippen molar-refractivity contribution in [2.75, 3.05) is 13.7 Å². The van der Waals surface area contributed by atoms with Crippen LogP contribution in [0.4, 0.5) is 9.18 Å². The lowest BCUT2D eigenvalue weighted by atomic mass is 10.1. The summed E-state index contributed by atoms with van der Waals surface area (Å²) >= 11 is 10.2. The second-order valence-electron chi connectivity index (χ2n) is 5.94. The van der Waals surface area contributed by atoms with Crippen LogP contribution in [-0.2, 0) is 11.3 Å². The van der Waals surface area contributed by atoms with Crippen molar-refractivity contribution < 1.29 is 23.5 Å². The number of benzene rings is 2. The Balaban J connectivity index is 1.89. The first-order valence-corrected chi connectivity index (χ1v) is 10.5. The van der Waals surface area contributed by atoms with E-state index in [-0.39, 0.29) is 22.0 Å². The van der Waals surface area contributed by atoms with Crippen LogP contribution in [0.15, 0.2) is 39.7 Å². The normalized spacial score (nSPS) is 15.3. The van der Waals surface area contributed by atoms with E-state index in [1.54, 1.807) is 18.2 Å². The van der Waals surface area contributed by atoms with Gasteiger partial charge < -0.3 is 9.47 Å². The number of rotatable bonds is 6. The van der Waals surface area contributed by atoms with Gasteiger partial charge in [0.1, 0.15) is 5.82 Å². The number of hydrogen-bond acceptors (Lipinski definition) is 5. The predicted molar refractivity (Wildman–Crippen MR) is 115 cm³/mol. The molecule has 0 bridgehead atoms. The lowest BCUT2D eigenvalue weighted by Crippen LogP contribution is -2.28. The summed E-state index contributed by atoms with van der Waals surface area (Å²) in [6.07, 6.45) is 1.58. The third-order valence-electron chi connectivity index (χ3n) is 4.09. The molecular weight excluding hydrogens is 485 g/mol. The summed E-state index contributed by atoms with van der Waals surface area (Å²) in [5, 5.41) is -0.328. The van der Waals surface area contributed by atoms with Crippen molar-refractivity contribution in [3.63, 3.8) is 0 Å². The van der Waals surface area contributed by atoms with Gasteiger partial charge in [0.2, 0.25) is 0 Å². The topological polar surface area (TPSA) is 55.8 Å². The lowest BCUT2D eigenvalue weighted by molar-refractivity contribution is -0.123. The number of amides is 2. The first kappa shape index (κ1) is 21.7. The molecule has 0 radical (unpaired) electrons. The van der Waals surface area contributed by atoms with Crippen molar-refractivity contribution in [1.29, 1.82) is 0 Å². The Bertz CT molecular complexity index is 994. The molecule has 2 aromatic rings. The molecule has 1 aliphatic heterocycles. The van der Waals surface area contributed by atoms with Gasteiger partial charge in [0.15, 0.2) is 11.5 Å². The second kappa shape index (κ2) is 9.19. The van der Waals surface area contributed by atoms with Gasteiger partial charge in [0.25, 0.3) is 11.1 Å². The Morgan fingerprint density at radius 3 is 2.72 bits per heavy atom. The highest BCUT2D eigenvalue weighted by Gasteiger charge is 2.36. The molecule has 9 heteroatoms. The van der Waals surface area contributed by atoms with E-state index in [1.807, 2.05) is 6.92 Å². The van der Waals surface area contributed by atoms with Crippen LogP contribution in [0.5, 0.6) is 11.5 Å². The molecule has 29 heavy (non-hydrogen) atoms. The van der Waals surface area contributed by atoms with Gasteiger partial charge in [-0.2, -0.15) is 0 Å². The van der Waals surface area contributed by atoms with Gasteiger partial charge in [0, 0.05) is 10.6 Å². The summed E-state index contributed by atoms with van der Waals surface area (Å²) in [7, 11) is 1.51. The number of carbonyl (C=O) groups is 2. The number of carbonyl (C=O) groups excluding carboxylic acids is 2. The van der Waals surface area contributed by atoms with E-state index < -0.39 is 17.0 Å². The maximum Gasteiger partial charge on any atom is 0.293 e. The number of nitrogens with zero attached hydrogens (tertiary/aromatic N) is 1. The van der Waals surface area contributed by atoms with Gasteiger partial charge in [0.05, 0.1) is 29.6 Å². The van der Waals surface area contributed by atoms with Crippen LogP contribution in [-0.4, -0.2) is 29.8 Å². The van der Waals surface area contributed by atoms with Crippen LogP contribution in [0.25, 0.3) is 6.08 Å². The summed E-state index contributed by atoms with van der Waals surface area (Å²) in [5.74, 6) is -0.0386. The van der Waals surface area contributed by atoms with Crippen LogP contribution < -0.4 is 9.47 Å². The first-order valence-electron chi connectivity index (χ1n) is 8.54. The Morgan fingerprint density at radius 1 is 1.31 bits per heavy atom. The molecule has 152 valence electrons. The first-order chi connectivity index (χ1) is 13.8. The summed E-state index contributed by atoms with van der Waals surface area (Å²) in [5.41, 5.74) is 0.745. The monoisotopic (exact) mass is 499 g/mol. The Morgan fingerprint density at radius 2 is 2.07 bits per heavy atom. The Kier molecular flexibility index (Phi) is 6.87. The lowest BCUT2D eigenvalue weighted by Gasteiger charge is -2.14. The highest BCUT2D eigenvalue weighted by atomic mass is 79.9. The number of thioether (sulfide) groups is 1. The van der Waals surface area contributed by atoms with E-state index >= 15 is 0 Å². The molecule has 3 rings (SSSR count). The third-order valence-corrected chi connectivity index (χ3v) is 5.94. The highest BCUT2D eigenvalue weighted by molar-refractivity contribution is 9.10. The molecular formula is C20H16BrClFNO4S. The van der Waals surface area contributed by atoms with Crippen molar-refractivity contribution in [2.24, 2.45) is 0 Å². The third kappa shape index (κ3) is 4.60. The van der Waals surface area contributed by atoms with Crippen LogP contribution >= 0.6 is 39.3 Å². The number of methoxy groups -OCH3 is 1. The van der Waals surface area contributed by atoms with Crippen molar-refractivity contribution in [1.82, 2.24) is 4.90 Å². The Hall–Kier alpha value is -2.03. The van der Waals surface area contributed by atoms with Crippen LogP contribution in [0.1, 0.15) is 18.1 Å². The van der Waals surface area contributed by atoms with E-state index in [0.717, 1.165) is 16.7 Å². The minimum Gasteiger partial charge on any atom is -0.493 e. The molecule has 1 fully saturated rings. The number of halogens is 3. The fourth-order valence-corrected chi connectivity index (χ4v) is 4.37. The summed E-state index contributed by atoms with van der Waals surface area (Å²) in [4.78, 5) is 26.3. The number of hydrogen-bond donors (Lipinski definition) is 0. The average Bonchev–Trinajstić information content (AvgIpc) is 2.93. The minimum absolute atomic E-state index is 0.100. The predicted octanol–water partition coefficient (Wildman–Crippen LogP) is 5.89. The van der Waals surface area contributed by atoms with Crippen molar-refractivity contribution in [2.45, 2.75) is 13.5 Å². The molecule has 0 atom stereocenters. The van der Waals surface area contributed by atoms with Gasteiger partial charge in [-0.05, 0) is 70.5 Å². The summed E-state index contributed by atoms with van der Waals surface area (Å²) in [6, 6.07) is 7.68. The standard InChI is InChI=1S/C20H16BrClFNO4S/c1-3-28-18-13(21)7-11(8-16(18)27-2)9-17-19(25)24(20(26)29-17)10-12-14(22)5-4-6-15(12)23/h4-9H,3,10H2,1-2H3/b17-9+. The zero-order valence-electron chi connectivity index (χ0n) is 15.5. The zero-order valence-corrected chi connectivity index (χ0v) is 18.7. The van der Waals surface area contributed by atoms with E-state index in [0.29, 0.717) is 28.1 Å². The molecule has 1 aliphatic rings. The molecule has 2 amide bonds. The van der Waals surface area contributed by atoms with Crippen LogP contribution in [0.2, 0.25) is 5.02 Å². The molecule has 0 saturated carbocycles. The fraction of sp³-hybridized carbons (Fsp3) is 0.200. The van der Waals surface area contributed by atoms with Gasteiger partial charge in [-0.15, -0.1) is 0 Å². The van der Waals surface area contributed by atoms with E-state index in [9.17, 15) is 14.0 Å². The SMILES string of the molecule is CCOc1c(Br)cc(/C=C2/SC(=O)N(Cc3c(F)cccc3Cl)C2=O)cc1OC. The maximum atomic E-state index is 14.0. The average molecular weight is 501 g/mol. The molecule has 0 unspecified atom stereocenters. The van der Waals surface area contributed by atoms with Crippen molar-refractivity contribution in [3.8, 4) is 11.5 Å². The maximum absolute atomic E-state index is 14.0. The van der Waals surface area contributed by atoms with Gasteiger partial charge >= 0.3 is 0 Å². The van der Waals surface area contributed by atoms with E-state index in [1.165, 1.54) is 25.3 Å². The van der Waals surface area contributed by atoms with E-state index in [4.69, 9.17) is 21.1 Å². The van der Waals surface area contributed by atoms with Crippen molar-refractivity contribution >= 4 is 56.5 Å². The van der Waals surface area contributed by atoms with Gasteiger partial charge in [-0.25, -0.2) is 4.39 Å².